The Bertz CT molecular complexity index is 954. The lowest BCUT2D eigenvalue weighted by atomic mass is 9.89. The topological polar surface area (TPSA) is 88.7 Å². The fourth-order valence-corrected chi connectivity index (χ4v) is 3.50. The lowest BCUT2D eigenvalue weighted by Crippen LogP contribution is -2.30. The van der Waals surface area contributed by atoms with Crippen LogP contribution in [0.2, 0.25) is 0 Å². The van der Waals surface area contributed by atoms with Crippen LogP contribution in [0.5, 0.6) is 0 Å². The van der Waals surface area contributed by atoms with Crippen LogP contribution < -0.4 is 16.5 Å². The van der Waals surface area contributed by atoms with Crippen LogP contribution in [-0.2, 0) is 9.63 Å². The van der Waals surface area contributed by atoms with Crippen LogP contribution in [0.1, 0.15) is 67.2 Å². The van der Waals surface area contributed by atoms with E-state index in [-0.39, 0.29) is 11.3 Å². The van der Waals surface area contributed by atoms with E-state index in [1.54, 1.807) is 13.1 Å². The first-order valence-corrected chi connectivity index (χ1v) is 12.4. The number of nitrogens with one attached hydrogen (secondary N) is 2. The zero-order valence-electron chi connectivity index (χ0n) is 22.6. The van der Waals surface area contributed by atoms with Crippen molar-refractivity contribution >= 4 is 17.4 Å². The predicted molar refractivity (Wildman–Crippen MR) is 149 cm³/mol. The number of allylic oxidation sites excluding steroid dienone is 3. The summed E-state index contributed by atoms with van der Waals surface area (Å²) in [5.74, 6) is 0.374. The molecule has 0 unspecified atom stereocenters. The monoisotopic (exact) mass is 480 g/mol. The number of carbonyl (C=O) groups is 1. The van der Waals surface area contributed by atoms with Crippen LogP contribution in [0.15, 0.2) is 82.0 Å². The highest BCUT2D eigenvalue weighted by molar-refractivity contribution is 6.08. The van der Waals surface area contributed by atoms with Gasteiger partial charge in [-0.25, -0.2) is 5.48 Å². The van der Waals surface area contributed by atoms with Gasteiger partial charge in [0.1, 0.15) is 5.84 Å². The molecule has 0 aliphatic carbocycles. The molecule has 0 spiro atoms. The molecule has 1 rings (SSSR count). The Morgan fingerprint density at radius 1 is 1.14 bits per heavy atom. The molecule has 0 saturated carbocycles. The van der Waals surface area contributed by atoms with E-state index in [0.29, 0.717) is 23.7 Å². The number of para-hydroxylation sites is 1. The maximum absolute atomic E-state index is 13.0. The van der Waals surface area contributed by atoms with Gasteiger partial charge in [-0.3, -0.25) is 14.6 Å². The molecule has 192 valence electrons. The summed E-state index contributed by atoms with van der Waals surface area (Å²) in [6, 6.07) is 9.81. The van der Waals surface area contributed by atoms with Gasteiger partial charge in [-0.1, -0.05) is 77.0 Å². The minimum Gasteiger partial charge on any atom is -0.398 e. The molecule has 0 aliphatic heterocycles. The normalized spacial score (nSPS) is 14.2. The van der Waals surface area contributed by atoms with Crippen molar-refractivity contribution in [2.75, 3.05) is 19.0 Å². The molecule has 0 aliphatic rings. The van der Waals surface area contributed by atoms with Crippen LogP contribution in [0.3, 0.4) is 0 Å². The fourth-order valence-electron chi connectivity index (χ4n) is 3.50. The summed E-state index contributed by atoms with van der Waals surface area (Å²) < 4.78 is 0. The van der Waals surface area contributed by atoms with Crippen molar-refractivity contribution in [2.45, 2.75) is 67.2 Å². The molecule has 0 aromatic heterocycles. The van der Waals surface area contributed by atoms with Crippen molar-refractivity contribution in [2.24, 2.45) is 16.1 Å². The summed E-state index contributed by atoms with van der Waals surface area (Å²) in [6.45, 7) is 12.8. The minimum atomic E-state index is -0.287. The summed E-state index contributed by atoms with van der Waals surface area (Å²) in [6.07, 6.45) is 11.3. The van der Waals surface area contributed by atoms with Crippen molar-refractivity contribution in [3.63, 3.8) is 0 Å². The van der Waals surface area contributed by atoms with Gasteiger partial charge in [0, 0.05) is 29.6 Å². The third kappa shape index (κ3) is 10.8. The number of hydrogen-bond acceptors (Lipinski definition) is 4. The second-order valence-electron chi connectivity index (χ2n) is 9.28. The lowest BCUT2D eigenvalue weighted by molar-refractivity contribution is -0.131. The lowest BCUT2D eigenvalue weighted by Gasteiger charge is -2.23. The first-order chi connectivity index (χ1) is 16.7. The minimum absolute atomic E-state index is 0.00675. The summed E-state index contributed by atoms with van der Waals surface area (Å²) in [7, 11) is 1.72. The molecule has 1 amide bonds. The second kappa shape index (κ2) is 15.7. The maximum Gasteiger partial charge on any atom is 0.274 e. The Morgan fingerprint density at radius 2 is 1.83 bits per heavy atom. The van der Waals surface area contributed by atoms with Crippen molar-refractivity contribution in [1.29, 1.82) is 0 Å². The highest BCUT2D eigenvalue weighted by atomic mass is 16.7. The summed E-state index contributed by atoms with van der Waals surface area (Å²) in [4.78, 5) is 23.0. The molecular weight excluding hydrogens is 436 g/mol. The molecular formula is C29H44N4O2. The number of nitrogens with zero attached hydrogens (tertiary/aromatic N) is 1. The number of unbranched alkanes of at least 4 members (excludes halogenated alkanes) is 1. The number of benzene rings is 1. The number of nitrogens with two attached hydrogens (primary N) is 1. The molecule has 6 nitrogen and oxygen atoms in total. The van der Waals surface area contributed by atoms with Gasteiger partial charge in [-0.05, 0) is 55.9 Å². The quantitative estimate of drug-likeness (QED) is 0.0993. The number of carbonyl (C=O) groups excluding carboxylic acids is 1. The van der Waals surface area contributed by atoms with Crippen molar-refractivity contribution < 1.29 is 9.63 Å². The van der Waals surface area contributed by atoms with E-state index in [1.165, 1.54) is 0 Å². The van der Waals surface area contributed by atoms with Gasteiger partial charge in [0.15, 0.2) is 0 Å². The van der Waals surface area contributed by atoms with Gasteiger partial charge in [0.2, 0.25) is 0 Å². The average molecular weight is 481 g/mol. The summed E-state index contributed by atoms with van der Waals surface area (Å²) >= 11 is 0. The van der Waals surface area contributed by atoms with Gasteiger partial charge in [-0.15, -0.1) is 0 Å². The predicted octanol–water partition coefficient (Wildman–Crippen LogP) is 6.46. The zero-order chi connectivity index (χ0) is 26.3. The molecule has 1 aromatic rings. The Kier molecular flexibility index (Phi) is 13.4. The van der Waals surface area contributed by atoms with E-state index in [9.17, 15) is 4.79 Å². The van der Waals surface area contributed by atoms with Crippen LogP contribution in [0.4, 0.5) is 5.69 Å². The van der Waals surface area contributed by atoms with E-state index in [2.05, 4.69) is 43.5 Å². The number of rotatable bonds is 13. The number of amides is 1. The molecule has 35 heavy (non-hydrogen) atoms. The van der Waals surface area contributed by atoms with E-state index in [0.717, 1.165) is 42.5 Å². The van der Waals surface area contributed by atoms with Gasteiger partial charge >= 0.3 is 0 Å². The van der Waals surface area contributed by atoms with Crippen LogP contribution in [0.25, 0.3) is 0 Å². The number of hydrogen-bond donors (Lipinski definition) is 3. The number of amidine groups is 1. The van der Waals surface area contributed by atoms with Gasteiger partial charge < -0.3 is 11.1 Å². The number of anilines is 1. The van der Waals surface area contributed by atoms with E-state index >= 15 is 0 Å². The molecule has 0 heterocycles. The van der Waals surface area contributed by atoms with Gasteiger partial charge in [-0.2, -0.15) is 0 Å². The van der Waals surface area contributed by atoms with Gasteiger partial charge in [0.05, 0.1) is 6.61 Å². The Labute approximate surface area is 212 Å². The molecule has 0 radical (unpaired) electrons. The Balaban J connectivity index is 3.22. The largest absolute Gasteiger partial charge is 0.398 e. The zero-order valence-corrected chi connectivity index (χ0v) is 22.6. The standard InChI is InChI=1S/C29H44N4O2/c1-8-11-16-24(28(34)33-35-21-29(5,6)19-10-3)20-23(15-9-2)26(30)22(4)27(31-7)32-25-17-13-12-14-18-25/h9,12-18,20H,8,10-11,19,21,30H2,1-7H3,(H,31,32)(H,33,34)/b15-9-,23-20+,24-16-,26-22?. The number of aliphatic imine (C=N–C) groups is 1. The highest BCUT2D eigenvalue weighted by Crippen LogP contribution is 2.22. The average Bonchev–Trinajstić information content (AvgIpc) is 2.83. The molecule has 0 fully saturated rings. The number of hydroxylamine groups is 1. The molecule has 0 atom stereocenters. The Morgan fingerprint density at radius 3 is 2.40 bits per heavy atom. The first-order valence-electron chi connectivity index (χ1n) is 12.4. The third-order valence-corrected chi connectivity index (χ3v) is 5.46. The van der Waals surface area contributed by atoms with Crippen molar-refractivity contribution in [3.8, 4) is 0 Å². The van der Waals surface area contributed by atoms with E-state index in [1.807, 2.05) is 62.4 Å². The third-order valence-electron chi connectivity index (χ3n) is 5.46. The molecule has 0 bridgehead atoms. The van der Waals surface area contributed by atoms with E-state index in [4.69, 9.17) is 10.6 Å². The molecule has 4 N–H and O–H groups in total. The molecule has 6 heteroatoms. The van der Waals surface area contributed by atoms with Crippen LogP contribution in [-0.4, -0.2) is 25.4 Å². The second-order valence-corrected chi connectivity index (χ2v) is 9.28. The van der Waals surface area contributed by atoms with Crippen molar-refractivity contribution in [1.82, 2.24) is 5.48 Å². The van der Waals surface area contributed by atoms with Crippen LogP contribution in [0, 0.1) is 5.41 Å². The van der Waals surface area contributed by atoms with Crippen LogP contribution >= 0.6 is 0 Å². The maximum atomic E-state index is 13.0. The highest BCUT2D eigenvalue weighted by Gasteiger charge is 2.18. The summed E-state index contributed by atoms with van der Waals surface area (Å²) in [5, 5.41) is 3.32. The van der Waals surface area contributed by atoms with Crippen molar-refractivity contribution in [3.05, 3.63) is 77.1 Å². The molecule has 1 aromatic carbocycles. The fraction of sp³-hybridized carbons (Fsp3) is 0.448. The first kappa shape index (κ1) is 29.9. The van der Waals surface area contributed by atoms with Gasteiger partial charge in [0.25, 0.3) is 5.91 Å². The summed E-state index contributed by atoms with van der Waals surface area (Å²) in [5.41, 5.74) is 12.7. The Hall–Kier alpha value is -3.12. The SMILES string of the molecule is C\C=C/C(=C\C(=C\CCC)C(=O)NOCC(C)(C)CCC)C(N)=C(C)C(=NC)Nc1ccccc1. The van der Waals surface area contributed by atoms with E-state index < -0.39 is 0 Å². The smallest absolute Gasteiger partial charge is 0.274 e. The molecule has 0 saturated heterocycles.